The molecule has 0 fully saturated rings. The standard InChI is InChI=1S/C24H26N2O4S/c1-18-4-8-20(9-5-18)16-26(31(3,28)29)22-12-14-23(15-13-22)30-17-24(27)25-21-10-6-19(2)7-11-21/h4-15H,16-17H2,1-3H3,(H,25,27). The lowest BCUT2D eigenvalue weighted by Crippen LogP contribution is -2.29. The first-order valence-corrected chi connectivity index (χ1v) is 11.7. The summed E-state index contributed by atoms with van der Waals surface area (Å²) in [5, 5.41) is 2.77. The minimum absolute atomic E-state index is 0.146. The number of amides is 1. The lowest BCUT2D eigenvalue weighted by Gasteiger charge is -2.23. The third-order valence-corrected chi connectivity index (χ3v) is 5.82. The molecule has 31 heavy (non-hydrogen) atoms. The van der Waals surface area contributed by atoms with Gasteiger partial charge in [0, 0.05) is 5.69 Å². The third-order valence-electron chi connectivity index (χ3n) is 4.68. The first-order valence-electron chi connectivity index (χ1n) is 9.83. The van der Waals surface area contributed by atoms with Gasteiger partial charge in [-0.25, -0.2) is 8.42 Å². The molecule has 0 heterocycles. The average Bonchev–Trinajstić information content (AvgIpc) is 2.73. The molecule has 0 spiro atoms. The number of hydrogen-bond acceptors (Lipinski definition) is 4. The van der Waals surface area contributed by atoms with E-state index in [0.717, 1.165) is 16.7 Å². The van der Waals surface area contributed by atoms with Gasteiger partial charge in [0.05, 0.1) is 18.5 Å². The van der Waals surface area contributed by atoms with Crippen molar-refractivity contribution in [3.05, 3.63) is 89.5 Å². The van der Waals surface area contributed by atoms with Gasteiger partial charge in [0.15, 0.2) is 6.61 Å². The molecule has 0 aliphatic carbocycles. The van der Waals surface area contributed by atoms with Gasteiger partial charge < -0.3 is 10.1 Å². The van der Waals surface area contributed by atoms with Crippen molar-refractivity contribution >= 4 is 27.3 Å². The SMILES string of the molecule is Cc1ccc(CN(c2ccc(OCC(=O)Nc3ccc(C)cc3)cc2)S(C)(=O)=O)cc1. The van der Waals surface area contributed by atoms with Gasteiger partial charge in [-0.05, 0) is 55.8 Å². The zero-order valence-electron chi connectivity index (χ0n) is 17.8. The molecule has 0 saturated heterocycles. The number of carbonyl (C=O) groups excluding carboxylic acids is 1. The van der Waals surface area contributed by atoms with Crippen LogP contribution in [0.1, 0.15) is 16.7 Å². The molecule has 3 aromatic carbocycles. The van der Waals surface area contributed by atoms with Crippen LogP contribution in [0, 0.1) is 13.8 Å². The highest BCUT2D eigenvalue weighted by Crippen LogP contribution is 2.24. The summed E-state index contributed by atoms with van der Waals surface area (Å²) in [5.41, 5.74) is 4.35. The first-order chi connectivity index (χ1) is 14.7. The van der Waals surface area contributed by atoms with Crippen molar-refractivity contribution in [3.8, 4) is 5.75 Å². The first kappa shape index (κ1) is 22.4. The fourth-order valence-electron chi connectivity index (χ4n) is 2.95. The third kappa shape index (κ3) is 6.58. The van der Waals surface area contributed by atoms with Crippen LogP contribution in [0.15, 0.2) is 72.8 Å². The van der Waals surface area contributed by atoms with Crippen molar-refractivity contribution < 1.29 is 17.9 Å². The van der Waals surface area contributed by atoms with Gasteiger partial charge in [0.2, 0.25) is 10.0 Å². The topological polar surface area (TPSA) is 75.7 Å². The molecule has 0 bridgehead atoms. The number of ether oxygens (including phenoxy) is 1. The summed E-state index contributed by atoms with van der Waals surface area (Å²) in [6.45, 7) is 4.05. The van der Waals surface area contributed by atoms with Crippen molar-refractivity contribution in [2.75, 3.05) is 22.5 Å². The van der Waals surface area contributed by atoms with Gasteiger partial charge in [0.25, 0.3) is 5.91 Å². The van der Waals surface area contributed by atoms with Gasteiger partial charge in [-0.15, -0.1) is 0 Å². The maximum absolute atomic E-state index is 12.3. The summed E-state index contributed by atoms with van der Waals surface area (Å²) >= 11 is 0. The van der Waals surface area contributed by atoms with E-state index in [2.05, 4.69) is 5.32 Å². The number of anilines is 2. The van der Waals surface area contributed by atoms with Crippen LogP contribution in [0.2, 0.25) is 0 Å². The quantitative estimate of drug-likeness (QED) is 0.569. The van der Waals surface area contributed by atoms with E-state index in [-0.39, 0.29) is 19.1 Å². The Morgan fingerprint density at radius 2 is 1.42 bits per heavy atom. The van der Waals surface area contributed by atoms with Crippen LogP contribution in [-0.2, 0) is 21.4 Å². The Bertz CT molecular complexity index is 1120. The Morgan fingerprint density at radius 1 is 0.871 bits per heavy atom. The number of nitrogens with zero attached hydrogens (tertiary/aromatic N) is 1. The summed E-state index contributed by atoms with van der Waals surface area (Å²) < 4.78 is 31.6. The number of carbonyl (C=O) groups is 1. The number of hydrogen-bond donors (Lipinski definition) is 1. The average molecular weight is 439 g/mol. The molecule has 1 N–H and O–H groups in total. The van der Waals surface area contributed by atoms with Crippen LogP contribution < -0.4 is 14.4 Å². The van der Waals surface area contributed by atoms with E-state index >= 15 is 0 Å². The van der Waals surface area contributed by atoms with E-state index in [0.29, 0.717) is 17.1 Å². The summed E-state index contributed by atoms with van der Waals surface area (Å²) in [6, 6.07) is 21.9. The van der Waals surface area contributed by atoms with Crippen molar-refractivity contribution in [3.63, 3.8) is 0 Å². The normalized spacial score (nSPS) is 11.1. The monoisotopic (exact) mass is 438 g/mol. The van der Waals surface area contributed by atoms with Crippen molar-refractivity contribution in [1.82, 2.24) is 0 Å². The van der Waals surface area contributed by atoms with Crippen LogP contribution in [0.4, 0.5) is 11.4 Å². The zero-order chi connectivity index (χ0) is 22.4. The molecule has 0 atom stereocenters. The fourth-order valence-corrected chi connectivity index (χ4v) is 3.84. The lowest BCUT2D eigenvalue weighted by molar-refractivity contribution is -0.118. The smallest absolute Gasteiger partial charge is 0.262 e. The number of nitrogens with one attached hydrogen (secondary N) is 1. The van der Waals surface area contributed by atoms with Crippen LogP contribution in [0.3, 0.4) is 0 Å². The van der Waals surface area contributed by atoms with Crippen LogP contribution in [-0.4, -0.2) is 27.2 Å². The molecular weight excluding hydrogens is 412 g/mol. The summed E-state index contributed by atoms with van der Waals surface area (Å²) in [6.07, 6.45) is 1.18. The molecule has 0 aromatic heterocycles. The number of sulfonamides is 1. The van der Waals surface area contributed by atoms with E-state index < -0.39 is 10.0 Å². The molecule has 0 aliphatic heterocycles. The number of aryl methyl sites for hydroxylation is 2. The maximum atomic E-state index is 12.3. The van der Waals surface area contributed by atoms with Crippen molar-refractivity contribution in [2.24, 2.45) is 0 Å². The Balaban J connectivity index is 1.63. The van der Waals surface area contributed by atoms with Crippen LogP contribution in [0.25, 0.3) is 0 Å². The van der Waals surface area contributed by atoms with Crippen molar-refractivity contribution in [2.45, 2.75) is 20.4 Å². The second-order valence-corrected chi connectivity index (χ2v) is 9.36. The molecule has 1 amide bonds. The van der Waals surface area contributed by atoms with Crippen LogP contribution >= 0.6 is 0 Å². The summed E-state index contributed by atoms with van der Waals surface area (Å²) in [5.74, 6) is 0.205. The summed E-state index contributed by atoms with van der Waals surface area (Å²) in [7, 11) is -3.47. The van der Waals surface area contributed by atoms with E-state index in [4.69, 9.17) is 4.74 Å². The Morgan fingerprint density at radius 3 is 1.97 bits per heavy atom. The lowest BCUT2D eigenvalue weighted by atomic mass is 10.1. The van der Waals surface area contributed by atoms with Gasteiger partial charge in [-0.3, -0.25) is 9.10 Å². The van der Waals surface area contributed by atoms with Crippen LogP contribution in [0.5, 0.6) is 5.75 Å². The second-order valence-electron chi connectivity index (χ2n) is 7.45. The van der Waals surface area contributed by atoms with Gasteiger partial charge in [-0.2, -0.15) is 0 Å². The Kier molecular flexibility index (Phi) is 6.97. The second kappa shape index (κ2) is 9.66. The molecule has 3 rings (SSSR count). The molecule has 3 aromatic rings. The highest BCUT2D eigenvalue weighted by Gasteiger charge is 2.18. The minimum Gasteiger partial charge on any atom is -0.484 e. The molecular formula is C24H26N2O4S. The van der Waals surface area contributed by atoms with Gasteiger partial charge in [-0.1, -0.05) is 47.5 Å². The largest absolute Gasteiger partial charge is 0.484 e. The molecule has 0 unspecified atom stereocenters. The van der Waals surface area contributed by atoms with Gasteiger partial charge >= 0.3 is 0 Å². The number of rotatable bonds is 8. The Hall–Kier alpha value is -3.32. The molecule has 0 aliphatic rings. The molecule has 7 heteroatoms. The van der Waals surface area contributed by atoms with E-state index in [9.17, 15) is 13.2 Å². The molecule has 6 nitrogen and oxygen atoms in total. The molecule has 0 saturated carbocycles. The van der Waals surface area contributed by atoms with E-state index in [1.165, 1.54) is 10.6 Å². The molecule has 0 radical (unpaired) electrons. The molecule has 162 valence electrons. The minimum atomic E-state index is -3.47. The highest BCUT2D eigenvalue weighted by molar-refractivity contribution is 7.92. The predicted octanol–water partition coefficient (Wildman–Crippen LogP) is 4.29. The Labute approximate surface area is 183 Å². The van der Waals surface area contributed by atoms with Gasteiger partial charge in [0.1, 0.15) is 5.75 Å². The van der Waals surface area contributed by atoms with E-state index in [1.54, 1.807) is 24.3 Å². The zero-order valence-corrected chi connectivity index (χ0v) is 18.6. The fraction of sp³-hybridized carbons (Fsp3) is 0.208. The highest BCUT2D eigenvalue weighted by atomic mass is 32.2. The summed E-state index contributed by atoms with van der Waals surface area (Å²) in [4.78, 5) is 12.1. The predicted molar refractivity (Wildman–Crippen MR) is 124 cm³/mol. The van der Waals surface area contributed by atoms with E-state index in [1.807, 2.05) is 62.4 Å². The number of benzene rings is 3. The van der Waals surface area contributed by atoms with Crippen molar-refractivity contribution in [1.29, 1.82) is 0 Å². The maximum Gasteiger partial charge on any atom is 0.262 e.